The summed E-state index contributed by atoms with van der Waals surface area (Å²) < 4.78 is 34.3. The quantitative estimate of drug-likeness (QED) is 0.0153. The fourth-order valence-electron chi connectivity index (χ4n) is 6.56. The topological polar surface area (TPSA) is 129 Å². The zero-order valence-corrected chi connectivity index (χ0v) is 40.6. The number of carbonyl (C=O) groups is 2. The maximum atomic E-state index is 12.7. The molecule has 356 valence electrons. The van der Waals surface area contributed by atoms with Gasteiger partial charge in [0.05, 0.1) is 33.9 Å². The molecule has 0 radical (unpaired) electrons. The minimum absolute atomic E-state index is 0.0133. The van der Waals surface area contributed by atoms with Crippen molar-refractivity contribution in [2.24, 2.45) is 0 Å². The highest BCUT2D eigenvalue weighted by molar-refractivity contribution is 7.47. The van der Waals surface area contributed by atoms with E-state index in [1.54, 1.807) is 6.08 Å². The highest BCUT2D eigenvalue weighted by Crippen LogP contribution is 2.43. The Balaban J connectivity index is 4.41. The lowest BCUT2D eigenvalue weighted by molar-refractivity contribution is -0.870. The smallest absolute Gasteiger partial charge is 0.462 e. The van der Waals surface area contributed by atoms with E-state index in [0.29, 0.717) is 36.7 Å². The molecule has 2 N–H and O–H groups in total. The molecule has 0 bridgehead atoms. The third kappa shape index (κ3) is 45.8. The second-order valence-electron chi connectivity index (χ2n) is 17.7. The van der Waals surface area contributed by atoms with E-state index in [1.165, 1.54) is 116 Å². The van der Waals surface area contributed by atoms with Crippen molar-refractivity contribution >= 4 is 19.8 Å². The highest BCUT2D eigenvalue weighted by Gasteiger charge is 2.27. The molecule has 11 heteroatoms. The van der Waals surface area contributed by atoms with Gasteiger partial charge in [-0.1, -0.05) is 191 Å². The van der Waals surface area contributed by atoms with Gasteiger partial charge in [-0.15, -0.1) is 0 Å². The Morgan fingerprint density at radius 2 is 1.10 bits per heavy atom. The van der Waals surface area contributed by atoms with E-state index >= 15 is 0 Å². The molecule has 0 heterocycles. The number of carbonyl (C=O) groups excluding carboxylic acids is 2. The molecule has 61 heavy (non-hydrogen) atoms. The molecule has 0 aromatic rings. The SMILES string of the molecule is CCCCC/C=C\C[C@@H](O)/C=C/C=C\C/C=C\CCCC(=O)OC[C@H](COP(=O)(O)OCC[N+](C)(C)C)OC(=O)CCCCCCCCCCCCCCCCCCCCC. The molecule has 0 amide bonds. The van der Waals surface area contributed by atoms with Crippen molar-refractivity contribution in [3.05, 3.63) is 48.6 Å². The molecule has 0 saturated carbocycles. The maximum Gasteiger partial charge on any atom is 0.472 e. The molecule has 0 aliphatic carbocycles. The number of ether oxygens (including phenoxy) is 2. The fraction of sp³-hybridized carbons (Fsp3) is 0.800. The normalized spacial score (nSPS) is 14.4. The Bertz CT molecular complexity index is 1200. The molecule has 0 aliphatic rings. The van der Waals surface area contributed by atoms with E-state index in [-0.39, 0.29) is 26.1 Å². The van der Waals surface area contributed by atoms with Crippen LogP contribution in [-0.2, 0) is 32.7 Å². The Labute approximate surface area is 374 Å². The number of rotatable bonds is 44. The minimum Gasteiger partial charge on any atom is -0.462 e. The number of nitrogens with zero attached hydrogens (tertiary/aromatic N) is 1. The Morgan fingerprint density at radius 1 is 0.590 bits per heavy atom. The summed E-state index contributed by atoms with van der Waals surface area (Å²) in [6.45, 7) is 4.26. The lowest BCUT2D eigenvalue weighted by Crippen LogP contribution is -2.37. The first kappa shape index (κ1) is 58.9. The average molecular weight is 883 g/mol. The molecular formula is C50H93NO9P+. The van der Waals surface area contributed by atoms with Gasteiger partial charge in [-0.25, -0.2) is 4.57 Å². The van der Waals surface area contributed by atoms with Gasteiger partial charge in [-0.05, 0) is 44.9 Å². The molecule has 0 saturated heterocycles. The number of unbranched alkanes of at least 4 members (excludes halogenated alkanes) is 22. The number of hydrogen-bond acceptors (Lipinski definition) is 8. The summed E-state index contributed by atoms with van der Waals surface area (Å²) in [7, 11) is 1.42. The number of phosphoric ester groups is 1. The van der Waals surface area contributed by atoms with Crippen LogP contribution >= 0.6 is 7.82 Å². The Morgan fingerprint density at radius 3 is 1.67 bits per heavy atom. The van der Waals surface area contributed by atoms with Gasteiger partial charge in [-0.2, -0.15) is 0 Å². The zero-order chi connectivity index (χ0) is 45.1. The molecule has 0 fully saturated rings. The molecule has 0 aromatic heterocycles. The van der Waals surface area contributed by atoms with E-state index in [0.717, 1.165) is 32.1 Å². The van der Waals surface area contributed by atoms with Gasteiger partial charge in [-0.3, -0.25) is 18.6 Å². The first-order chi connectivity index (χ1) is 29.4. The first-order valence-electron chi connectivity index (χ1n) is 24.5. The van der Waals surface area contributed by atoms with Crippen molar-refractivity contribution in [1.29, 1.82) is 0 Å². The summed E-state index contributed by atoms with van der Waals surface area (Å²) >= 11 is 0. The average Bonchev–Trinajstić information content (AvgIpc) is 3.21. The summed E-state index contributed by atoms with van der Waals surface area (Å²) in [6.07, 6.45) is 46.2. The lowest BCUT2D eigenvalue weighted by Gasteiger charge is -2.24. The summed E-state index contributed by atoms with van der Waals surface area (Å²) in [5.74, 6) is -0.898. The summed E-state index contributed by atoms with van der Waals surface area (Å²) in [5.41, 5.74) is 0. The highest BCUT2D eigenvalue weighted by atomic mass is 31.2. The molecule has 0 spiro atoms. The Kier molecular flexibility index (Phi) is 40.5. The van der Waals surface area contributed by atoms with E-state index in [1.807, 2.05) is 57.6 Å². The van der Waals surface area contributed by atoms with Gasteiger partial charge in [0, 0.05) is 12.8 Å². The maximum absolute atomic E-state index is 12.7. The molecule has 1 unspecified atom stereocenters. The van der Waals surface area contributed by atoms with E-state index in [2.05, 4.69) is 19.9 Å². The lowest BCUT2D eigenvalue weighted by atomic mass is 10.0. The van der Waals surface area contributed by atoms with Crippen LogP contribution in [0.2, 0.25) is 0 Å². The van der Waals surface area contributed by atoms with Crippen LogP contribution in [0.5, 0.6) is 0 Å². The second kappa shape index (κ2) is 41.9. The van der Waals surface area contributed by atoms with Crippen LogP contribution in [0.1, 0.15) is 200 Å². The van der Waals surface area contributed by atoms with Crippen molar-refractivity contribution in [2.45, 2.75) is 212 Å². The second-order valence-corrected chi connectivity index (χ2v) is 19.2. The Hall–Kier alpha value is -2.07. The van der Waals surface area contributed by atoms with Crippen molar-refractivity contribution in [2.75, 3.05) is 47.5 Å². The number of aliphatic hydroxyl groups excluding tert-OH is 1. The van der Waals surface area contributed by atoms with Gasteiger partial charge < -0.3 is 24.0 Å². The molecule has 0 rings (SSSR count). The number of phosphoric acid groups is 1. The van der Waals surface area contributed by atoms with Crippen LogP contribution in [0.25, 0.3) is 0 Å². The number of likely N-dealkylation sites (N-methyl/N-ethyl adjacent to an activating group) is 1. The van der Waals surface area contributed by atoms with Gasteiger partial charge in [0.2, 0.25) is 0 Å². The number of quaternary nitrogens is 1. The largest absolute Gasteiger partial charge is 0.472 e. The number of aliphatic hydroxyl groups is 1. The summed E-state index contributed by atoms with van der Waals surface area (Å²) in [6, 6.07) is 0. The van der Waals surface area contributed by atoms with Crippen LogP contribution in [0, 0.1) is 0 Å². The van der Waals surface area contributed by atoms with E-state index < -0.39 is 38.6 Å². The minimum atomic E-state index is -4.40. The third-order valence-electron chi connectivity index (χ3n) is 10.4. The number of allylic oxidation sites excluding steroid dienone is 6. The molecule has 0 aliphatic heterocycles. The molecular weight excluding hydrogens is 790 g/mol. The summed E-state index contributed by atoms with van der Waals surface area (Å²) in [5, 5.41) is 10.1. The molecule has 0 aromatic carbocycles. The van der Waals surface area contributed by atoms with Gasteiger partial charge in [0.25, 0.3) is 0 Å². The van der Waals surface area contributed by atoms with E-state index in [4.69, 9.17) is 18.5 Å². The monoisotopic (exact) mass is 883 g/mol. The number of hydrogen-bond donors (Lipinski definition) is 2. The number of esters is 2. The van der Waals surface area contributed by atoms with Crippen molar-refractivity contribution < 1.29 is 47.2 Å². The summed E-state index contributed by atoms with van der Waals surface area (Å²) in [4.78, 5) is 35.5. The van der Waals surface area contributed by atoms with Crippen LogP contribution in [0.3, 0.4) is 0 Å². The van der Waals surface area contributed by atoms with Crippen molar-refractivity contribution in [3.8, 4) is 0 Å². The van der Waals surface area contributed by atoms with Crippen LogP contribution in [0.4, 0.5) is 0 Å². The third-order valence-corrected chi connectivity index (χ3v) is 11.4. The fourth-order valence-corrected chi connectivity index (χ4v) is 7.30. The van der Waals surface area contributed by atoms with Gasteiger partial charge in [0.15, 0.2) is 6.10 Å². The first-order valence-corrected chi connectivity index (χ1v) is 26.0. The van der Waals surface area contributed by atoms with Gasteiger partial charge >= 0.3 is 19.8 Å². The van der Waals surface area contributed by atoms with Crippen LogP contribution < -0.4 is 0 Å². The molecule has 3 atom stereocenters. The van der Waals surface area contributed by atoms with Crippen LogP contribution in [0.15, 0.2) is 48.6 Å². The van der Waals surface area contributed by atoms with Gasteiger partial charge in [0.1, 0.15) is 19.8 Å². The van der Waals surface area contributed by atoms with Crippen molar-refractivity contribution in [1.82, 2.24) is 0 Å². The predicted octanol–water partition coefficient (Wildman–Crippen LogP) is 13.2. The molecule has 10 nitrogen and oxygen atoms in total. The predicted molar refractivity (Wildman–Crippen MR) is 253 cm³/mol. The van der Waals surface area contributed by atoms with Crippen molar-refractivity contribution in [3.63, 3.8) is 0 Å². The van der Waals surface area contributed by atoms with E-state index in [9.17, 15) is 24.2 Å². The van der Waals surface area contributed by atoms with Crippen LogP contribution in [-0.4, -0.2) is 86.1 Å². The zero-order valence-electron chi connectivity index (χ0n) is 39.8. The standard InChI is InChI=1S/C50H92NO9P/c1-6-8-10-12-14-15-16-17-18-19-20-21-22-23-24-25-30-34-38-42-50(54)60-48(46-59-61(55,56)58-44-43-51(3,4)5)45-57-49(53)41-37-33-29-27-26-28-32-36-40-47(52)39-35-31-13-11-9-7-2/h27-29,31-32,35-36,40,47-48,52H,6-26,30,33-34,37-39,41-46H2,1-5H3/p+1/b29-27-,32-28-,35-31-,40-36+/t47-,48-/m1/s1.